The molecule has 1 atom stereocenters. The largest absolute Gasteiger partial charge is 0.478 e. The highest BCUT2D eigenvalue weighted by Gasteiger charge is 1.96. The Morgan fingerprint density at radius 1 is 1.80 bits per heavy atom. The van der Waals surface area contributed by atoms with Crippen molar-refractivity contribution in [3.63, 3.8) is 0 Å². The zero-order chi connectivity index (χ0) is 7.98. The van der Waals surface area contributed by atoms with Crippen molar-refractivity contribution >= 4 is 15.4 Å². The number of aliphatic carboxylic acids is 1. The standard InChI is InChI=1S/C6H11O3P/c1-5(6(7)8)3-2-4-9-10/h3H,2,4,10H2,1H3,(H,7,8). The molecule has 0 saturated carbocycles. The molecule has 0 aromatic heterocycles. The summed E-state index contributed by atoms with van der Waals surface area (Å²) < 4.78 is 4.65. The van der Waals surface area contributed by atoms with Crippen molar-refractivity contribution in [2.24, 2.45) is 0 Å². The zero-order valence-corrected chi connectivity index (χ0v) is 6.99. The number of hydrogen-bond acceptors (Lipinski definition) is 2. The molecule has 0 heterocycles. The van der Waals surface area contributed by atoms with Crippen molar-refractivity contribution < 1.29 is 14.4 Å². The molecule has 0 aliphatic heterocycles. The van der Waals surface area contributed by atoms with Gasteiger partial charge in [0.1, 0.15) is 0 Å². The predicted molar refractivity (Wildman–Crippen MR) is 41.7 cm³/mol. The van der Waals surface area contributed by atoms with E-state index in [1.165, 1.54) is 0 Å². The summed E-state index contributed by atoms with van der Waals surface area (Å²) in [6, 6.07) is 0. The van der Waals surface area contributed by atoms with Crippen molar-refractivity contribution in [3.8, 4) is 0 Å². The third-order valence-corrected chi connectivity index (χ3v) is 1.26. The van der Waals surface area contributed by atoms with E-state index in [2.05, 4.69) is 14.0 Å². The predicted octanol–water partition coefficient (Wildman–Crippen LogP) is 1.21. The molecule has 0 radical (unpaired) electrons. The summed E-state index contributed by atoms with van der Waals surface area (Å²) in [5.41, 5.74) is 0.363. The van der Waals surface area contributed by atoms with Gasteiger partial charge in [-0.3, -0.25) is 0 Å². The van der Waals surface area contributed by atoms with Crippen molar-refractivity contribution in [3.05, 3.63) is 11.6 Å². The van der Waals surface area contributed by atoms with Crippen LogP contribution in [0.15, 0.2) is 11.6 Å². The molecule has 0 rings (SSSR count). The van der Waals surface area contributed by atoms with Gasteiger partial charge in [0.15, 0.2) is 0 Å². The molecular formula is C6H11O3P. The highest BCUT2D eigenvalue weighted by Crippen LogP contribution is 1.96. The Morgan fingerprint density at radius 3 is 2.80 bits per heavy atom. The van der Waals surface area contributed by atoms with Crippen LogP contribution in [0, 0.1) is 0 Å². The Kier molecular flexibility index (Phi) is 5.17. The van der Waals surface area contributed by atoms with Gasteiger partial charge in [0.25, 0.3) is 0 Å². The van der Waals surface area contributed by atoms with Crippen LogP contribution in [-0.2, 0) is 9.32 Å². The second-order valence-corrected chi connectivity index (χ2v) is 2.19. The fourth-order valence-corrected chi connectivity index (χ4v) is 0.567. The van der Waals surface area contributed by atoms with Crippen LogP contribution in [0.4, 0.5) is 0 Å². The summed E-state index contributed by atoms with van der Waals surface area (Å²) in [4.78, 5) is 10.2. The first kappa shape index (κ1) is 9.60. The van der Waals surface area contributed by atoms with Crippen LogP contribution in [-0.4, -0.2) is 17.7 Å². The lowest BCUT2D eigenvalue weighted by molar-refractivity contribution is -0.132. The van der Waals surface area contributed by atoms with Crippen LogP contribution in [0.2, 0.25) is 0 Å². The maximum absolute atomic E-state index is 10.2. The van der Waals surface area contributed by atoms with E-state index in [4.69, 9.17) is 5.11 Å². The fraction of sp³-hybridized carbons (Fsp3) is 0.500. The van der Waals surface area contributed by atoms with E-state index in [0.29, 0.717) is 18.6 Å². The number of carboxylic acids is 1. The highest BCUT2D eigenvalue weighted by atomic mass is 31.0. The summed E-state index contributed by atoms with van der Waals surface area (Å²) in [6.07, 6.45) is 2.27. The first-order valence-electron chi connectivity index (χ1n) is 2.90. The number of carboxylic acid groups (broad SMARTS) is 1. The van der Waals surface area contributed by atoms with Crippen molar-refractivity contribution in [2.75, 3.05) is 6.61 Å². The Morgan fingerprint density at radius 2 is 2.40 bits per heavy atom. The number of hydrogen-bond donors (Lipinski definition) is 1. The number of carbonyl (C=O) groups is 1. The van der Waals surface area contributed by atoms with Gasteiger partial charge < -0.3 is 9.63 Å². The molecule has 0 aromatic carbocycles. The Balaban J connectivity index is 3.58. The lowest BCUT2D eigenvalue weighted by Crippen LogP contribution is -1.96. The van der Waals surface area contributed by atoms with Crippen LogP contribution < -0.4 is 0 Å². The monoisotopic (exact) mass is 162 g/mol. The second kappa shape index (κ2) is 5.39. The minimum Gasteiger partial charge on any atom is -0.478 e. The minimum absolute atomic E-state index is 0.363. The molecule has 0 amide bonds. The molecule has 4 heteroatoms. The average Bonchev–Trinajstić information content (AvgIpc) is 1.88. The molecular weight excluding hydrogens is 151 g/mol. The van der Waals surface area contributed by atoms with Gasteiger partial charge in [-0.1, -0.05) is 6.08 Å². The summed E-state index contributed by atoms with van der Waals surface area (Å²) in [5.74, 6) is -0.872. The Hall–Kier alpha value is -0.400. The van der Waals surface area contributed by atoms with Gasteiger partial charge in [-0.05, 0) is 13.3 Å². The van der Waals surface area contributed by atoms with Gasteiger partial charge in [-0.25, -0.2) is 4.79 Å². The second-order valence-electron chi connectivity index (χ2n) is 1.85. The molecule has 0 aromatic rings. The van der Waals surface area contributed by atoms with E-state index < -0.39 is 5.97 Å². The smallest absolute Gasteiger partial charge is 0.330 e. The summed E-state index contributed by atoms with van der Waals surface area (Å²) in [6.45, 7) is 2.10. The third kappa shape index (κ3) is 4.48. The molecule has 0 fully saturated rings. The first-order valence-corrected chi connectivity index (χ1v) is 3.37. The molecule has 1 unspecified atom stereocenters. The Labute approximate surface area is 62.4 Å². The summed E-state index contributed by atoms with van der Waals surface area (Å²) in [5, 5.41) is 8.37. The van der Waals surface area contributed by atoms with Gasteiger partial charge in [0, 0.05) is 15.0 Å². The van der Waals surface area contributed by atoms with Gasteiger partial charge in [-0.2, -0.15) is 0 Å². The lowest BCUT2D eigenvalue weighted by Gasteiger charge is -1.92. The van der Waals surface area contributed by atoms with Crippen LogP contribution in [0.1, 0.15) is 13.3 Å². The topological polar surface area (TPSA) is 46.5 Å². The molecule has 0 aliphatic rings. The quantitative estimate of drug-likeness (QED) is 0.384. The SMILES string of the molecule is CC(=CCCOP)C(=O)O. The van der Waals surface area contributed by atoms with Gasteiger partial charge >= 0.3 is 5.97 Å². The van der Waals surface area contributed by atoms with E-state index >= 15 is 0 Å². The summed E-state index contributed by atoms with van der Waals surface area (Å²) >= 11 is 0. The normalized spacial score (nSPS) is 11.6. The van der Waals surface area contributed by atoms with Crippen LogP contribution in [0.5, 0.6) is 0 Å². The van der Waals surface area contributed by atoms with Crippen LogP contribution in [0.25, 0.3) is 0 Å². The molecule has 0 spiro atoms. The average molecular weight is 162 g/mol. The van der Waals surface area contributed by atoms with Crippen LogP contribution in [0.3, 0.4) is 0 Å². The van der Waals surface area contributed by atoms with Crippen molar-refractivity contribution in [2.45, 2.75) is 13.3 Å². The van der Waals surface area contributed by atoms with Crippen LogP contribution >= 0.6 is 9.47 Å². The molecule has 10 heavy (non-hydrogen) atoms. The first-order chi connectivity index (χ1) is 4.68. The third-order valence-electron chi connectivity index (χ3n) is 1.02. The molecule has 58 valence electrons. The van der Waals surface area contributed by atoms with E-state index in [9.17, 15) is 4.79 Å². The molecule has 0 aliphatic carbocycles. The van der Waals surface area contributed by atoms with Gasteiger partial charge in [0.2, 0.25) is 0 Å². The number of rotatable bonds is 4. The van der Waals surface area contributed by atoms with E-state index in [1.807, 2.05) is 0 Å². The van der Waals surface area contributed by atoms with Crippen molar-refractivity contribution in [1.82, 2.24) is 0 Å². The summed E-state index contributed by atoms with van der Waals surface area (Å²) in [7, 11) is 2.11. The zero-order valence-electron chi connectivity index (χ0n) is 5.83. The minimum atomic E-state index is -0.872. The Bertz CT molecular complexity index is 142. The fourth-order valence-electron chi connectivity index (χ4n) is 0.431. The maximum atomic E-state index is 10.2. The maximum Gasteiger partial charge on any atom is 0.330 e. The molecule has 1 N–H and O–H groups in total. The van der Waals surface area contributed by atoms with Gasteiger partial charge in [0.05, 0.1) is 6.61 Å². The van der Waals surface area contributed by atoms with E-state index in [-0.39, 0.29) is 0 Å². The van der Waals surface area contributed by atoms with Gasteiger partial charge in [-0.15, -0.1) is 0 Å². The molecule has 0 bridgehead atoms. The molecule has 3 nitrogen and oxygen atoms in total. The van der Waals surface area contributed by atoms with E-state index in [0.717, 1.165) is 0 Å². The lowest BCUT2D eigenvalue weighted by atomic mass is 10.2. The molecule has 0 saturated heterocycles. The highest BCUT2D eigenvalue weighted by molar-refractivity contribution is 7.09. The van der Waals surface area contributed by atoms with Crippen molar-refractivity contribution in [1.29, 1.82) is 0 Å². The van der Waals surface area contributed by atoms with E-state index in [1.54, 1.807) is 13.0 Å².